The number of nitrogens with one attached hydrogen (secondary N) is 1. The molecule has 0 heterocycles. The SMILES string of the molecule is COc1ccc([C@@H](CCCO)OC(=O)Nc2ccc(C)cc2)cc1O. The van der Waals surface area contributed by atoms with Crippen molar-refractivity contribution in [3.8, 4) is 11.5 Å². The molecule has 0 saturated heterocycles. The van der Waals surface area contributed by atoms with E-state index < -0.39 is 12.2 Å². The maximum absolute atomic E-state index is 12.2. The van der Waals surface area contributed by atoms with Crippen molar-refractivity contribution >= 4 is 11.8 Å². The lowest BCUT2D eigenvalue weighted by Gasteiger charge is -2.19. The van der Waals surface area contributed by atoms with Crippen LogP contribution in [0.1, 0.15) is 30.1 Å². The standard InChI is InChI=1S/C19H23NO5/c1-13-5-8-15(9-6-13)20-19(23)25-17(4-3-11-21)14-7-10-18(24-2)16(22)12-14/h5-10,12,17,21-22H,3-4,11H2,1-2H3,(H,20,23)/t17-/m1/s1. The minimum absolute atomic E-state index is 0.0123. The Morgan fingerprint density at radius 2 is 1.92 bits per heavy atom. The average Bonchev–Trinajstić information content (AvgIpc) is 2.60. The zero-order valence-electron chi connectivity index (χ0n) is 14.4. The first-order chi connectivity index (χ1) is 12.0. The van der Waals surface area contributed by atoms with Crippen molar-refractivity contribution in [2.45, 2.75) is 25.9 Å². The highest BCUT2D eigenvalue weighted by atomic mass is 16.6. The van der Waals surface area contributed by atoms with Crippen LogP contribution < -0.4 is 10.1 Å². The van der Waals surface area contributed by atoms with Crippen molar-refractivity contribution < 1.29 is 24.5 Å². The van der Waals surface area contributed by atoms with Crippen LogP contribution in [0.5, 0.6) is 11.5 Å². The molecule has 0 aromatic heterocycles. The van der Waals surface area contributed by atoms with Crippen LogP contribution in [0.2, 0.25) is 0 Å². The summed E-state index contributed by atoms with van der Waals surface area (Å²) in [4.78, 5) is 12.2. The molecule has 0 fully saturated rings. The number of carbonyl (C=O) groups is 1. The Hall–Kier alpha value is -2.73. The van der Waals surface area contributed by atoms with Gasteiger partial charge in [-0.05, 0) is 49.6 Å². The second-order valence-corrected chi connectivity index (χ2v) is 5.68. The van der Waals surface area contributed by atoms with E-state index in [1.165, 1.54) is 13.2 Å². The summed E-state index contributed by atoms with van der Waals surface area (Å²) in [6, 6.07) is 12.2. The molecule has 0 radical (unpaired) electrons. The van der Waals surface area contributed by atoms with Crippen molar-refractivity contribution in [3.05, 3.63) is 53.6 Å². The van der Waals surface area contributed by atoms with E-state index in [-0.39, 0.29) is 12.4 Å². The quantitative estimate of drug-likeness (QED) is 0.711. The molecule has 0 bridgehead atoms. The normalized spacial score (nSPS) is 11.6. The van der Waals surface area contributed by atoms with Gasteiger partial charge in [0.2, 0.25) is 0 Å². The summed E-state index contributed by atoms with van der Waals surface area (Å²) in [5.74, 6) is 0.310. The van der Waals surface area contributed by atoms with Gasteiger partial charge in [-0.2, -0.15) is 0 Å². The molecule has 25 heavy (non-hydrogen) atoms. The average molecular weight is 345 g/mol. The fourth-order valence-corrected chi connectivity index (χ4v) is 2.39. The van der Waals surface area contributed by atoms with Crippen molar-refractivity contribution in [1.82, 2.24) is 0 Å². The first kappa shape index (κ1) is 18.6. The Morgan fingerprint density at radius 1 is 1.20 bits per heavy atom. The Labute approximate surface area is 147 Å². The van der Waals surface area contributed by atoms with Gasteiger partial charge in [-0.3, -0.25) is 5.32 Å². The minimum Gasteiger partial charge on any atom is -0.504 e. The van der Waals surface area contributed by atoms with Gasteiger partial charge in [0.1, 0.15) is 6.10 Å². The topological polar surface area (TPSA) is 88.0 Å². The van der Waals surface area contributed by atoms with E-state index in [0.717, 1.165) is 5.56 Å². The number of aliphatic hydroxyl groups excluding tert-OH is 1. The Morgan fingerprint density at radius 3 is 2.52 bits per heavy atom. The minimum atomic E-state index is -0.595. The van der Waals surface area contributed by atoms with Gasteiger partial charge >= 0.3 is 6.09 Å². The highest BCUT2D eigenvalue weighted by Crippen LogP contribution is 2.32. The number of ether oxygens (including phenoxy) is 2. The molecule has 2 aromatic rings. The van der Waals surface area contributed by atoms with Crippen LogP contribution in [0.15, 0.2) is 42.5 Å². The highest BCUT2D eigenvalue weighted by Gasteiger charge is 2.18. The molecule has 0 spiro atoms. The Balaban J connectivity index is 2.09. The number of phenols is 1. The summed E-state index contributed by atoms with van der Waals surface area (Å²) in [7, 11) is 1.46. The lowest BCUT2D eigenvalue weighted by molar-refractivity contribution is 0.0993. The monoisotopic (exact) mass is 345 g/mol. The lowest BCUT2D eigenvalue weighted by atomic mass is 10.0. The maximum atomic E-state index is 12.2. The van der Waals surface area contributed by atoms with E-state index in [2.05, 4.69) is 5.32 Å². The molecule has 2 aromatic carbocycles. The van der Waals surface area contributed by atoms with Crippen LogP contribution in [-0.2, 0) is 4.74 Å². The fourth-order valence-electron chi connectivity index (χ4n) is 2.39. The van der Waals surface area contributed by atoms with E-state index >= 15 is 0 Å². The summed E-state index contributed by atoms with van der Waals surface area (Å²) in [6.45, 7) is 1.95. The molecule has 6 heteroatoms. The molecule has 0 aliphatic heterocycles. The van der Waals surface area contributed by atoms with Crippen molar-refractivity contribution in [2.24, 2.45) is 0 Å². The predicted molar refractivity (Wildman–Crippen MR) is 95.0 cm³/mol. The van der Waals surface area contributed by atoms with E-state index in [1.54, 1.807) is 24.3 Å². The summed E-state index contributed by atoms with van der Waals surface area (Å²) in [5.41, 5.74) is 2.35. The van der Waals surface area contributed by atoms with Gasteiger partial charge in [0, 0.05) is 12.3 Å². The molecule has 0 aliphatic carbocycles. The first-order valence-corrected chi connectivity index (χ1v) is 8.05. The zero-order chi connectivity index (χ0) is 18.2. The van der Waals surface area contributed by atoms with Gasteiger partial charge in [-0.1, -0.05) is 23.8 Å². The molecular weight excluding hydrogens is 322 g/mol. The number of hydrogen-bond acceptors (Lipinski definition) is 5. The number of anilines is 1. The number of amides is 1. The second kappa shape index (κ2) is 8.94. The molecule has 6 nitrogen and oxygen atoms in total. The van der Waals surface area contributed by atoms with Crippen LogP contribution in [0.3, 0.4) is 0 Å². The fraction of sp³-hybridized carbons (Fsp3) is 0.316. The van der Waals surface area contributed by atoms with Crippen LogP contribution in [-0.4, -0.2) is 30.0 Å². The third-order valence-electron chi connectivity index (χ3n) is 3.75. The smallest absolute Gasteiger partial charge is 0.412 e. The van der Waals surface area contributed by atoms with E-state index in [1.807, 2.05) is 19.1 Å². The molecule has 1 amide bonds. The van der Waals surface area contributed by atoms with Crippen LogP contribution in [0.4, 0.5) is 10.5 Å². The van der Waals surface area contributed by atoms with Crippen LogP contribution in [0, 0.1) is 6.92 Å². The van der Waals surface area contributed by atoms with Gasteiger partial charge in [0.05, 0.1) is 7.11 Å². The molecule has 1 atom stereocenters. The molecule has 2 rings (SSSR count). The number of benzene rings is 2. The van der Waals surface area contributed by atoms with E-state index in [0.29, 0.717) is 29.8 Å². The van der Waals surface area contributed by atoms with Gasteiger partial charge in [0.15, 0.2) is 11.5 Å². The molecule has 0 unspecified atom stereocenters. The summed E-state index contributed by atoms with van der Waals surface area (Å²) in [6.07, 6.45) is -0.282. The summed E-state index contributed by atoms with van der Waals surface area (Å²) < 4.78 is 10.5. The van der Waals surface area contributed by atoms with Crippen LogP contribution >= 0.6 is 0 Å². The number of aromatic hydroxyl groups is 1. The Bertz CT molecular complexity index is 699. The summed E-state index contributed by atoms with van der Waals surface area (Å²) >= 11 is 0. The number of phenolic OH excluding ortho intramolecular Hbond substituents is 1. The van der Waals surface area contributed by atoms with Gasteiger partial charge < -0.3 is 19.7 Å². The number of carbonyl (C=O) groups excluding carboxylic acids is 1. The second-order valence-electron chi connectivity index (χ2n) is 5.68. The lowest BCUT2D eigenvalue weighted by Crippen LogP contribution is -2.18. The number of rotatable bonds is 7. The number of aryl methyl sites for hydroxylation is 1. The third-order valence-corrected chi connectivity index (χ3v) is 3.75. The van der Waals surface area contributed by atoms with Gasteiger partial charge in [0.25, 0.3) is 0 Å². The van der Waals surface area contributed by atoms with Crippen molar-refractivity contribution in [1.29, 1.82) is 0 Å². The first-order valence-electron chi connectivity index (χ1n) is 8.05. The predicted octanol–water partition coefficient (Wildman–Crippen LogP) is 3.77. The largest absolute Gasteiger partial charge is 0.504 e. The molecular formula is C19H23NO5. The molecule has 134 valence electrons. The molecule has 3 N–H and O–H groups in total. The Kier molecular flexibility index (Phi) is 6.65. The third kappa shape index (κ3) is 5.39. The zero-order valence-corrected chi connectivity index (χ0v) is 14.4. The molecule has 0 saturated carbocycles. The number of hydrogen-bond donors (Lipinski definition) is 3. The molecule has 0 aliphatic rings. The number of aliphatic hydroxyl groups is 1. The maximum Gasteiger partial charge on any atom is 0.412 e. The highest BCUT2D eigenvalue weighted by molar-refractivity contribution is 5.84. The van der Waals surface area contributed by atoms with Crippen molar-refractivity contribution in [3.63, 3.8) is 0 Å². The van der Waals surface area contributed by atoms with Gasteiger partial charge in [-0.25, -0.2) is 4.79 Å². The van der Waals surface area contributed by atoms with Crippen molar-refractivity contribution in [2.75, 3.05) is 19.0 Å². The summed E-state index contributed by atoms with van der Waals surface area (Å²) in [5, 5.41) is 21.7. The van der Waals surface area contributed by atoms with Crippen LogP contribution in [0.25, 0.3) is 0 Å². The number of methoxy groups -OCH3 is 1. The van der Waals surface area contributed by atoms with Gasteiger partial charge in [-0.15, -0.1) is 0 Å². The van der Waals surface area contributed by atoms with E-state index in [4.69, 9.17) is 14.6 Å². The van der Waals surface area contributed by atoms with E-state index in [9.17, 15) is 9.90 Å².